The minimum Gasteiger partial charge on any atom is -0.306 e. The minimum atomic E-state index is -3.11. The van der Waals surface area contributed by atoms with E-state index in [0.717, 1.165) is 5.56 Å². The largest absolute Gasteiger partial charge is 0.306 e. The van der Waals surface area contributed by atoms with Gasteiger partial charge in [-0.15, -0.1) is 0 Å². The molecule has 0 aliphatic carbocycles. The molecule has 18 heavy (non-hydrogen) atoms. The van der Waals surface area contributed by atoms with Gasteiger partial charge in [0.25, 0.3) is 0 Å². The van der Waals surface area contributed by atoms with Crippen molar-refractivity contribution < 1.29 is 8.42 Å². The Morgan fingerprint density at radius 1 is 1.28 bits per heavy atom. The molecule has 2 unspecified atom stereocenters. The zero-order valence-corrected chi connectivity index (χ0v) is 12.2. The summed E-state index contributed by atoms with van der Waals surface area (Å²) in [5, 5.41) is 3.45. The van der Waals surface area contributed by atoms with E-state index in [0.29, 0.717) is 4.90 Å². The molecule has 0 spiro atoms. The fourth-order valence-electron chi connectivity index (χ4n) is 2.14. The normalized spacial score (nSPS) is 23.7. The lowest BCUT2D eigenvalue weighted by Crippen LogP contribution is -2.40. The fraction of sp³-hybridized carbons (Fsp3) is 0.571. The Balaban J connectivity index is 2.29. The average molecular weight is 267 g/mol. The highest BCUT2D eigenvalue weighted by atomic mass is 32.2. The highest BCUT2D eigenvalue weighted by Crippen LogP contribution is 2.34. The number of benzene rings is 1. The number of sulfone groups is 1. The van der Waals surface area contributed by atoms with Crippen molar-refractivity contribution in [3.05, 3.63) is 29.8 Å². The zero-order valence-electron chi connectivity index (χ0n) is 11.4. The van der Waals surface area contributed by atoms with E-state index < -0.39 is 9.84 Å². The molecule has 2 atom stereocenters. The van der Waals surface area contributed by atoms with E-state index in [2.05, 4.69) is 33.0 Å². The molecule has 0 amide bonds. The molecule has 0 radical (unpaired) electrons. The Bertz CT molecular complexity index is 543. The first-order valence-corrected chi connectivity index (χ1v) is 7.95. The number of hydrogen-bond donors (Lipinski definition) is 1. The first kappa shape index (κ1) is 13.6. The lowest BCUT2D eigenvalue weighted by Gasteiger charge is -2.31. The maximum atomic E-state index is 12.1. The second kappa shape index (κ2) is 4.35. The summed E-state index contributed by atoms with van der Waals surface area (Å²) in [6.45, 7) is 8.56. The van der Waals surface area contributed by atoms with Crippen LogP contribution in [0.3, 0.4) is 0 Å². The Morgan fingerprint density at radius 3 is 2.50 bits per heavy atom. The van der Waals surface area contributed by atoms with Crippen molar-refractivity contribution in [2.24, 2.45) is 5.41 Å². The maximum absolute atomic E-state index is 12.1. The Labute approximate surface area is 110 Å². The molecule has 1 aromatic rings. The van der Waals surface area contributed by atoms with Crippen LogP contribution < -0.4 is 5.32 Å². The van der Waals surface area contributed by atoms with Gasteiger partial charge in [-0.1, -0.05) is 39.0 Å². The van der Waals surface area contributed by atoms with Crippen molar-refractivity contribution in [3.8, 4) is 0 Å². The molecule has 0 saturated carbocycles. The lowest BCUT2D eigenvalue weighted by atomic mass is 9.87. The summed E-state index contributed by atoms with van der Waals surface area (Å²) in [6.07, 6.45) is 0. The van der Waals surface area contributed by atoms with Crippen LogP contribution in [0, 0.1) is 5.41 Å². The van der Waals surface area contributed by atoms with Gasteiger partial charge in [-0.3, -0.25) is 0 Å². The van der Waals surface area contributed by atoms with Crippen LogP contribution in [-0.4, -0.2) is 20.2 Å². The van der Waals surface area contributed by atoms with Crippen LogP contribution in [0.4, 0.5) is 0 Å². The maximum Gasteiger partial charge on any atom is 0.180 e. The van der Waals surface area contributed by atoms with E-state index in [1.54, 1.807) is 12.1 Å². The van der Waals surface area contributed by atoms with Gasteiger partial charge in [0.15, 0.2) is 9.84 Å². The van der Waals surface area contributed by atoms with Crippen molar-refractivity contribution in [3.63, 3.8) is 0 Å². The fourth-order valence-corrected chi connectivity index (χ4v) is 3.89. The lowest BCUT2D eigenvalue weighted by molar-refractivity contribution is 0.269. The highest BCUT2D eigenvalue weighted by molar-refractivity contribution is 7.91. The highest BCUT2D eigenvalue weighted by Gasteiger charge is 2.36. The molecule has 1 aromatic carbocycles. The molecule has 1 N–H and O–H groups in total. The van der Waals surface area contributed by atoms with E-state index in [9.17, 15) is 8.42 Å². The molecular formula is C14H21NO2S. The van der Waals surface area contributed by atoms with E-state index in [1.807, 2.05) is 12.1 Å². The Kier molecular flexibility index (Phi) is 3.28. The molecule has 0 aromatic heterocycles. The summed E-state index contributed by atoms with van der Waals surface area (Å²) in [5.41, 5.74) is 1.02. The molecule has 0 saturated heterocycles. The molecular weight excluding hydrogens is 246 g/mol. The molecule has 1 aliphatic heterocycles. The number of nitrogens with one attached hydrogen (secondary N) is 1. The predicted molar refractivity (Wildman–Crippen MR) is 73.3 cm³/mol. The third kappa shape index (κ3) is 2.45. The first-order valence-electron chi connectivity index (χ1n) is 6.29. The topological polar surface area (TPSA) is 46.2 Å². The van der Waals surface area contributed by atoms with Gasteiger partial charge in [-0.05, 0) is 24.0 Å². The van der Waals surface area contributed by atoms with Crippen molar-refractivity contribution in [1.82, 2.24) is 5.32 Å². The van der Waals surface area contributed by atoms with Gasteiger partial charge in [-0.2, -0.15) is 0 Å². The monoisotopic (exact) mass is 267 g/mol. The van der Waals surface area contributed by atoms with Crippen LogP contribution in [0.25, 0.3) is 0 Å². The summed E-state index contributed by atoms with van der Waals surface area (Å²) >= 11 is 0. The third-order valence-electron chi connectivity index (χ3n) is 3.77. The molecule has 4 heteroatoms. The van der Waals surface area contributed by atoms with Crippen LogP contribution in [0.1, 0.15) is 39.3 Å². The second-order valence-corrected chi connectivity index (χ2v) is 8.13. The van der Waals surface area contributed by atoms with E-state index in [4.69, 9.17) is 0 Å². The first-order chi connectivity index (χ1) is 8.22. The molecule has 1 aliphatic rings. The number of hydrogen-bond acceptors (Lipinski definition) is 3. The Morgan fingerprint density at radius 2 is 1.89 bits per heavy atom. The van der Waals surface area contributed by atoms with Gasteiger partial charge >= 0.3 is 0 Å². The predicted octanol–water partition coefficient (Wildman–Crippen LogP) is 2.54. The van der Waals surface area contributed by atoms with Gasteiger partial charge in [0.1, 0.15) is 0 Å². The summed E-state index contributed by atoms with van der Waals surface area (Å²) in [6, 6.07) is 7.47. The van der Waals surface area contributed by atoms with E-state index in [-0.39, 0.29) is 23.3 Å². The van der Waals surface area contributed by atoms with Crippen LogP contribution in [-0.2, 0) is 9.84 Å². The van der Waals surface area contributed by atoms with Gasteiger partial charge in [0, 0.05) is 12.1 Å². The van der Waals surface area contributed by atoms with Gasteiger partial charge in [-0.25, -0.2) is 8.42 Å². The molecule has 100 valence electrons. The minimum absolute atomic E-state index is 0.0829. The van der Waals surface area contributed by atoms with E-state index >= 15 is 0 Å². The zero-order chi connectivity index (χ0) is 13.6. The summed E-state index contributed by atoms with van der Waals surface area (Å²) in [7, 11) is -3.11. The molecule has 1 heterocycles. The molecule has 0 fully saturated rings. The van der Waals surface area contributed by atoms with Crippen molar-refractivity contribution in [1.29, 1.82) is 0 Å². The van der Waals surface area contributed by atoms with Crippen LogP contribution in [0.15, 0.2) is 29.2 Å². The second-order valence-electron chi connectivity index (χ2n) is 6.13. The third-order valence-corrected chi connectivity index (χ3v) is 5.58. The number of fused-ring (bicyclic) bond motifs is 1. The van der Waals surface area contributed by atoms with Gasteiger partial charge in [0.05, 0.1) is 10.6 Å². The van der Waals surface area contributed by atoms with Gasteiger partial charge in [0.2, 0.25) is 0 Å². The summed E-state index contributed by atoms with van der Waals surface area (Å²) < 4.78 is 24.1. The van der Waals surface area contributed by atoms with E-state index in [1.165, 1.54) is 0 Å². The van der Waals surface area contributed by atoms with Crippen molar-refractivity contribution >= 4 is 9.84 Å². The molecule has 0 bridgehead atoms. The molecule has 2 rings (SSSR count). The standard InChI is InChI=1S/C14H21NO2S/c1-10(14(2,3)4)15-12-9-18(16,17)13-8-6-5-7-11(12)13/h5-8,10,12,15H,9H2,1-4H3. The summed E-state index contributed by atoms with van der Waals surface area (Å²) in [4.78, 5) is 0.489. The van der Waals surface area contributed by atoms with Crippen LogP contribution in [0.2, 0.25) is 0 Å². The van der Waals surface area contributed by atoms with Gasteiger partial charge < -0.3 is 5.32 Å². The Hall–Kier alpha value is -0.870. The van der Waals surface area contributed by atoms with Crippen molar-refractivity contribution in [2.75, 3.05) is 5.75 Å². The van der Waals surface area contributed by atoms with Crippen LogP contribution in [0.5, 0.6) is 0 Å². The average Bonchev–Trinajstić information content (AvgIpc) is 2.50. The smallest absolute Gasteiger partial charge is 0.180 e. The summed E-state index contributed by atoms with van der Waals surface area (Å²) in [5.74, 6) is 0.173. The van der Waals surface area contributed by atoms with Crippen molar-refractivity contribution in [2.45, 2.75) is 44.7 Å². The number of rotatable bonds is 2. The SMILES string of the molecule is CC(NC1CS(=O)(=O)c2ccccc21)C(C)(C)C. The molecule has 3 nitrogen and oxygen atoms in total. The van der Waals surface area contributed by atoms with Crippen LogP contribution >= 0.6 is 0 Å². The quantitative estimate of drug-likeness (QED) is 0.895.